The fourth-order valence-electron chi connectivity index (χ4n) is 3.47. The quantitative estimate of drug-likeness (QED) is 0.852. The molecule has 0 bridgehead atoms. The molecule has 1 fully saturated rings. The molecular weight excluding hydrogens is 336 g/mol. The van der Waals surface area contributed by atoms with Crippen LogP contribution in [0.2, 0.25) is 0 Å². The van der Waals surface area contributed by atoms with Gasteiger partial charge in [0.05, 0.1) is 6.04 Å². The van der Waals surface area contributed by atoms with E-state index in [4.69, 9.17) is 0 Å². The van der Waals surface area contributed by atoms with Crippen LogP contribution in [0.25, 0.3) is 0 Å². The number of hydrogen-bond donors (Lipinski definition) is 2. The Hall–Kier alpha value is -2.37. The van der Waals surface area contributed by atoms with Crippen LogP contribution in [-0.2, 0) is 0 Å². The molecule has 3 rings (SSSR count). The van der Waals surface area contributed by atoms with Crippen molar-refractivity contribution in [3.63, 3.8) is 0 Å². The van der Waals surface area contributed by atoms with Gasteiger partial charge in [-0.15, -0.1) is 0 Å². The molecule has 0 saturated carbocycles. The smallest absolute Gasteiger partial charge is 0.319 e. The number of hydrogen-bond acceptors (Lipinski definition) is 3. The lowest BCUT2D eigenvalue weighted by atomic mass is 10.0. The highest BCUT2D eigenvalue weighted by molar-refractivity contribution is 5.89. The summed E-state index contributed by atoms with van der Waals surface area (Å²) in [6.45, 7) is 8.83. The number of carbonyl (C=O) groups excluding carboxylic acids is 1. The van der Waals surface area contributed by atoms with E-state index in [-0.39, 0.29) is 12.1 Å². The first-order valence-corrected chi connectivity index (χ1v) is 9.62. The Bertz CT molecular complexity index is 751. The summed E-state index contributed by atoms with van der Waals surface area (Å²) in [5.74, 6) is 0. The summed E-state index contributed by atoms with van der Waals surface area (Å²) in [7, 11) is 2.16. The second-order valence-corrected chi connectivity index (χ2v) is 7.47. The third kappa shape index (κ3) is 5.55. The van der Waals surface area contributed by atoms with Crippen LogP contribution < -0.4 is 10.6 Å². The number of urea groups is 1. The van der Waals surface area contributed by atoms with E-state index >= 15 is 0 Å². The van der Waals surface area contributed by atoms with E-state index in [2.05, 4.69) is 58.7 Å². The maximum absolute atomic E-state index is 12.4. The van der Waals surface area contributed by atoms with E-state index in [9.17, 15) is 4.79 Å². The highest BCUT2D eigenvalue weighted by Gasteiger charge is 2.24. The number of likely N-dealkylation sites (N-methyl/N-ethyl adjacent to an activating group) is 1. The summed E-state index contributed by atoms with van der Waals surface area (Å²) in [6.07, 6.45) is 0. The van der Waals surface area contributed by atoms with Gasteiger partial charge in [-0.2, -0.15) is 0 Å². The van der Waals surface area contributed by atoms with Crippen LogP contribution >= 0.6 is 0 Å². The van der Waals surface area contributed by atoms with Crippen LogP contribution in [-0.4, -0.2) is 55.6 Å². The topological polar surface area (TPSA) is 47.6 Å². The first-order valence-electron chi connectivity index (χ1n) is 9.62. The zero-order chi connectivity index (χ0) is 19.2. The summed E-state index contributed by atoms with van der Waals surface area (Å²) in [4.78, 5) is 17.2. The Morgan fingerprint density at radius 2 is 1.70 bits per heavy atom. The first kappa shape index (κ1) is 19.4. The predicted molar refractivity (Wildman–Crippen MR) is 111 cm³/mol. The van der Waals surface area contributed by atoms with Gasteiger partial charge in [0.25, 0.3) is 0 Å². The van der Waals surface area contributed by atoms with Crippen molar-refractivity contribution in [3.8, 4) is 0 Å². The molecule has 2 amide bonds. The number of nitrogens with one attached hydrogen (secondary N) is 2. The van der Waals surface area contributed by atoms with Crippen LogP contribution in [0.4, 0.5) is 10.5 Å². The maximum atomic E-state index is 12.4. The molecule has 2 aromatic rings. The van der Waals surface area contributed by atoms with Gasteiger partial charge in [0.2, 0.25) is 0 Å². The van der Waals surface area contributed by atoms with Crippen molar-refractivity contribution in [2.24, 2.45) is 0 Å². The normalized spacial score (nSPS) is 16.7. The molecule has 5 nitrogen and oxygen atoms in total. The minimum Gasteiger partial charge on any atom is -0.336 e. The summed E-state index contributed by atoms with van der Waals surface area (Å²) in [5, 5.41) is 6.00. The number of carbonyl (C=O) groups is 1. The minimum atomic E-state index is -0.160. The van der Waals surface area contributed by atoms with Gasteiger partial charge in [-0.05, 0) is 44.2 Å². The van der Waals surface area contributed by atoms with Crippen molar-refractivity contribution >= 4 is 11.7 Å². The molecule has 2 N–H and O–H groups in total. The van der Waals surface area contributed by atoms with E-state index in [1.807, 2.05) is 31.2 Å². The lowest BCUT2D eigenvalue weighted by molar-refractivity contribution is 0.111. The zero-order valence-electron chi connectivity index (χ0n) is 16.5. The van der Waals surface area contributed by atoms with Crippen LogP contribution in [0.15, 0.2) is 48.5 Å². The summed E-state index contributed by atoms with van der Waals surface area (Å²) >= 11 is 0. The molecule has 0 aliphatic carbocycles. The third-order valence-corrected chi connectivity index (χ3v) is 5.17. The van der Waals surface area contributed by atoms with E-state index in [1.54, 1.807) is 0 Å². The van der Waals surface area contributed by atoms with Gasteiger partial charge in [0.15, 0.2) is 0 Å². The van der Waals surface area contributed by atoms with Crippen molar-refractivity contribution in [3.05, 3.63) is 65.2 Å². The van der Waals surface area contributed by atoms with Gasteiger partial charge in [-0.25, -0.2) is 4.79 Å². The van der Waals surface area contributed by atoms with Crippen LogP contribution in [0.1, 0.15) is 22.7 Å². The van der Waals surface area contributed by atoms with Crippen molar-refractivity contribution < 1.29 is 4.79 Å². The SMILES string of the molecule is Cc1ccc([C@H](CNC(=O)Nc2cccc(C)c2)N2CCN(C)CC2)cc1. The number of benzene rings is 2. The second-order valence-electron chi connectivity index (χ2n) is 7.47. The summed E-state index contributed by atoms with van der Waals surface area (Å²) in [5.41, 5.74) is 4.45. The molecule has 0 aromatic heterocycles. The number of anilines is 1. The molecule has 1 heterocycles. The molecule has 1 aliphatic rings. The molecule has 5 heteroatoms. The number of piperazine rings is 1. The monoisotopic (exact) mass is 366 g/mol. The van der Waals surface area contributed by atoms with Gasteiger partial charge in [0, 0.05) is 38.4 Å². The Morgan fingerprint density at radius 3 is 2.37 bits per heavy atom. The lowest BCUT2D eigenvalue weighted by Gasteiger charge is -2.38. The molecular formula is C22H30N4O. The third-order valence-electron chi connectivity index (χ3n) is 5.17. The van der Waals surface area contributed by atoms with Crippen LogP contribution in [0.3, 0.4) is 0 Å². The summed E-state index contributed by atoms with van der Waals surface area (Å²) < 4.78 is 0. The highest BCUT2D eigenvalue weighted by Crippen LogP contribution is 2.22. The van der Waals surface area contributed by atoms with Crippen molar-refractivity contribution in [2.75, 3.05) is 45.1 Å². The van der Waals surface area contributed by atoms with E-state index in [1.165, 1.54) is 11.1 Å². The van der Waals surface area contributed by atoms with Gasteiger partial charge in [-0.1, -0.05) is 42.0 Å². The fraction of sp³-hybridized carbons (Fsp3) is 0.409. The first-order chi connectivity index (χ1) is 13.0. The van der Waals surface area contributed by atoms with Gasteiger partial charge in [-0.3, -0.25) is 4.90 Å². The van der Waals surface area contributed by atoms with Crippen molar-refractivity contribution in [1.29, 1.82) is 0 Å². The number of aryl methyl sites for hydroxylation is 2. The number of amides is 2. The molecule has 1 saturated heterocycles. The van der Waals surface area contributed by atoms with E-state index < -0.39 is 0 Å². The lowest BCUT2D eigenvalue weighted by Crippen LogP contribution is -2.48. The molecule has 27 heavy (non-hydrogen) atoms. The van der Waals surface area contributed by atoms with Crippen molar-refractivity contribution in [2.45, 2.75) is 19.9 Å². The molecule has 1 aliphatic heterocycles. The molecule has 0 spiro atoms. The van der Waals surface area contributed by atoms with Crippen LogP contribution in [0.5, 0.6) is 0 Å². The molecule has 144 valence electrons. The highest BCUT2D eigenvalue weighted by atomic mass is 16.2. The zero-order valence-corrected chi connectivity index (χ0v) is 16.5. The molecule has 0 unspecified atom stereocenters. The average molecular weight is 367 g/mol. The molecule has 2 aromatic carbocycles. The standard InChI is InChI=1S/C22H30N4O/c1-17-7-9-19(10-8-17)21(26-13-11-25(3)12-14-26)16-23-22(27)24-20-6-4-5-18(2)15-20/h4-10,15,21H,11-14,16H2,1-3H3,(H2,23,24,27)/t21-/m0/s1. The molecule has 1 atom stereocenters. The van der Waals surface area contributed by atoms with Crippen molar-refractivity contribution in [1.82, 2.24) is 15.1 Å². The predicted octanol–water partition coefficient (Wildman–Crippen LogP) is 3.41. The Labute approximate surface area is 162 Å². The minimum absolute atomic E-state index is 0.160. The van der Waals surface area contributed by atoms with Gasteiger partial charge in [0.1, 0.15) is 0 Å². The van der Waals surface area contributed by atoms with Gasteiger partial charge >= 0.3 is 6.03 Å². The molecule has 0 radical (unpaired) electrons. The van der Waals surface area contributed by atoms with E-state index in [0.29, 0.717) is 6.54 Å². The fourth-order valence-corrected chi connectivity index (χ4v) is 3.47. The maximum Gasteiger partial charge on any atom is 0.319 e. The Balaban J connectivity index is 1.65. The Morgan fingerprint density at radius 1 is 1.00 bits per heavy atom. The van der Waals surface area contributed by atoms with E-state index in [0.717, 1.165) is 37.4 Å². The number of nitrogens with zero attached hydrogens (tertiary/aromatic N) is 2. The van der Waals surface area contributed by atoms with Gasteiger partial charge < -0.3 is 15.5 Å². The Kier molecular flexibility index (Phi) is 6.48. The number of rotatable bonds is 5. The second kappa shape index (κ2) is 9.02. The van der Waals surface area contributed by atoms with Crippen LogP contribution in [0, 0.1) is 13.8 Å². The average Bonchev–Trinajstić information content (AvgIpc) is 2.64. The largest absolute Gasteiger partial charge is 0.336 e. The summed E-state index contributed by atoms with van der Waals surface area (Å²) in [6, 6.07) is 16.5.